The van der Waals surface area contributed by atoms with Crippen molar-refractivity contribution < 1.29 is 9.90 Å². The van der Waals surface area contributed by atoms with E-state index < -0.39 is 0 Å². The zero-order chi connectivity index (χ0) is 11.8. The molecule has 0 aromatic heterocycles. The van der Waals surface area contributed by atoms with E-state index in [9.17, 15) is 9.90 Å². The topological polar surface area (TPSA) is 61.4 Å². The smallest absolute Gasteiger partial charge is 0.221 e. The number of carbonyl (C=O) groups excluding carboxylic acids is 1. The number of rotatable bonds is 7. The van der Waals surface area contributed by atoms with Crippen LogP contribution in [-0.2, 0) is 4.79 Å². The van der Waals surface area contributed by atoms with Crippen molar-refractivity contribution in [3.63, 3.8) is 0 Å². The van der Waals surface area contributed by atoms with Gasteiger partial charge in [0.05, 0.1) is 6.10 Å². The second kappa shape index (κ2) is 7.65. The maximum Gasteiger partial charge on any atom is 0.221 e. The summed E-state index contributed by atoms with van der Waals surface area (Å²) in [5, 5.41) is 15.3. The van der Waals surface area contributed by atoms with Gasteiger partial charge >= 0.3 is 0 Å². The largest absolute Gasteiger partial charge is 0.392 e. The first-order valence-corrected chi connectivity index (χ1v) is 5.61. The summed E-state index contributed by atoms with van der Waals surface area (Å²) in [6.45, 7) is 8.98. The summed E-state index contributed by atoms with van der Waals surface area (Å²) in [6, 6.07) is 0.193. The Hall–Kier alpha value is -0.610. The van der Waals surface area contributed by atoms with Gasteiger partial charge in [0, 0.05) is 25.6 Å². The van der Waals surface area contributed by atoms with E-state index in [4.69, 9.17) is 0 Å². The number of aliphatic hydroxyl groups is 1. The fourth-order valence-electron chi connectivity index (χ4n) is 1.08. The van der Waals surface area contributed by atoms with E-state index in [-0.39, 0.29) is 24.0 Å². The van der Waals surface area contributed by atoms with Crippen LogP contribution in [0.15, 0.2) is 0 Å². The first-order valence-electron chi connectivity index (χ1n) is 5.61. The van der Waals surface area contributed by atoms with E-state index in [1.165, 1.54) is 0 Å². The molecule has 1 unspecified atom stereocenters. The van der Waals surface area contributed by atoms with Gasteiger partial charge in [-0.3, -0.25) is 4.79 Å². The average molecular weight is 216 g/mol. The second-order valence-electron chi connectivity index (χ2n) is 4.49. The Bertz CT molecular complexity index is 181. The minimum Gasteiger partial charge on any atom is -0.392 e. The molecule has 0 aromatic rings. The maximum absolute atomic E-state index is 11.2. The van der Waals surface area contributed by atoms with Gasteiger partial charge in [-0.1, -0.05) is 13.8 Å². The Morgan fingerprint density at radius 3 is 2.33 bits per heavy atom. The standard InChI is InChI=1S/C11H24N2O2/c1-8(2)10(14)7-12-6-5-11(15)13-9(3)4/h8-10,12,14H,5-7H2,1-4H3,(H,13,15). The predicted octanol–water partition coefficient (Wildman–Crippen LogP) is 0.508. The molecular formula is C11H24N2O2. The monoisotopic (exact) mass is 216 g/mol. The Labute approximate surface area is 92.4 Å². The van der Waals surface area contributed by atoms with Crippen LogP contribution >= 0.6 is 0 Å². The third-order valence-electron chi connectivity index (χ3n) is 2.10. The highest BCUT2D eigenvalue weighted by atomic mass is 16.3. The van der Waals surface area contributed by atoms with Crippen molar-refractivity contribution in [1.29, 1.82) is 0 Å². The molecule has 15 heavy (non-hydrogen) atoms. The SMILES string of the molecule is CC(C)NC(=O)CCNCC(O)C(C)C. The van der Waals surface area contributed by atoms with Crippen LogP contribution in [0.25, 0.3) is 0 Å². The highest BCUT2D eigenvalue weighted by Crippen LogP contribution is 1.98. The van der Waals surface area contributed by atoms with E-state index in [1.54, 1.807) is 0 Å². The molecule has 0 fully saturated rings. The van der Waals surface area contributed by atoms with Gasteiger partial charge in [-0.15, -0.1) is 0 Å². The quantitative estimate of drug-likeness (QED) is 0.543. The predicted molar refractivity (Wildman–Crippen MR) is 61.6 cm³/mol. The van der Waals surface area contributed by atoms with Crippen LogP contribution < -0.4 is 10.6 Å². The van der Waals surface area contributed by atoms with Crippen LogP contribution in [-0.4, -0.2) is 36.2 Å². The second-order valence-corrected chi connectivity index (χ2v) is 4.49. The van der Waals surface area contributed by atoms with Gasteiger partial charge in [0.1, 0.15) is 0 Å². The highest BCUT2D eigenvalue weighted by molar-refractivity contribution is 5.76. The number of aliphatic hydroxyl groups excluding tert-OH is 1. The fraction of sp³-hybridized carbons (Fsp3) is 0.909. The van der Waals surface area contributed by atoms with Crippen molar-refractivity contribution in [3.8, 4) is 0 Å². The minimum absolute atomic E-state index is 0.0523. The summed E-state index contributed by atoms with van der Waals surface area (Å²) in [5.74, 6) is 0.304. The molecule has 0 aliphatic rings. The number of nitrogens with one attached hydrogen (secondary N) is 2. The van der Waals surface area contributed by atoms with Gasteiger partial charge in [0.2, 0.25) is 5.91 Å². The third-order valence-corrected chi connectivity index (χ3v) is 2.10. The van der Waals surface area contributed by atoms with E-state index >= 15 is 0 Å². The highest BCUT2D eigenvalue weighted by Gasteiger charge is 2.08. The molecule has 0 heterocycles. The van der Waals surface area contributed by atoms with Crippen molar-refractivity contribution in [2.45, 2.75) is 46.3 Å². The molecule has 0 aliphatic heterocycles. The van der Waals surface area contributed by atoms with Crippen LogP contribution in [0.4, 0.5) is 0 Å². The lowest BCUT2D eigenvalue weighted by Gasteiger charge is -2.15. The van der Waals surface area contributed by atoms with Crippen LogP contribution in [0.5, 0.6) is 0 Å². The first-order chi connectivity index (χ1) is 6.93. The van der Waals surface area contributed by atoms with Crippen LogP contribution in [0.2, 0.25) is 0 Å². The van der Waals surface area contributed by atoms with E-state index in [0.717, 1.165) is 0 Å². The molecule has 0 saturated carbocycles. The number of hydrogen-bond donors (Lipinski definition) is 3. The Kier molecular flexibility index (Phi) is 7.34. The van der Waals surface area contributed by atoms with Crippen molar-refractivity contribution in [2.75, 3.05) is 13.1 Å². The van der Waals surface area contributed by atoms with Crippen LogP contribution in [0.3, 0.4) is 0 Å². The molecule has 0 spiro atoms. The van der Waals surface area contributed by atoms with E-state index in [1.807, 2.05) is 27.7 Å². The van der Waals surface area contributed by atoms with Crippen molar-refractivity contribution >= 4 is 5.91 Å². The fourth-order valence-corrected chi connectivity index (χ4v) is 1.08. The molecule has 0 aromatic carbocycles. The third kappa shape index (κ3) is 8.39. The van der Waals surface area contributed by atoms with Gasteiger partial charge < -0.3 is 15.7 Å². The molecule has 90 valence electrons. The normalized spacial score (nSPS) is 13.3. The molecule has 4 heteroatoms. The Balaban J connectivity index is 3.42. The summed E-state index contributed by atoms with van der Waals surface area (Å²) < 4.78 is 0. The Morgan fingerprint density at radius 1 is 1.27 bits per heavy atom. The Morgan fingerprint density at radius 2 is 1.87 bits per heavy atom. The molecule has 4 nitrogen and oxygen atoms in total. The van der Waals surface area contributed by atoms with Gasteiger partial charge in [0.15, 0.2) is 0 Å². The molecule has 1 amide bonds. The van der Waals surface area contributed by atoms with Crippen molar-refractivity contribution in [3.05, 3.63) is 0 Å². The van der Waals surface area contributed by atoms with Gasteiger partial charge in [-0.2, -0.15) is 0 Å². The summed E-state index contributed by atoms with van der Waals surface area (Å²) >= 11 is 0. The summed E-state index contributed by atoms with van der Waals surface area (Å²) in [6.07, 6.45) is 0.126. The molecule has 3 N–H and O–H groups in total. The lowest BCUT2D eigenvalue weighted by atomic mass is 10.1. The minimum atomic E-state index is -0.335. The lowest BCUT2D eigenvalue weighted by Crippen LogP contribution is -2.35. The molecule has 0 bridgehead atoms. The first kappa shape index (κ1) is 14.4. The van der Waals surface area contributed by atoms with E-state index in [0.29, 0.717) is 19.5 Å². The average Bonchev–Trinajstić information content (AvgIpc) is 2.10. The number of amides is 1. The zero-order valence-electron chi connectivity index (χ0n) is 10.2. The summed E-state index contributed by atoms with van der Waals surface area (Å²) in [7, 11) is 0. The zero-order valence-corrected chi connectivity index (χ0v) is 10.2. The van der Waals surface area contributed by atoms with E-state index in [2.05, 4.69) is 10.6 Å². The maximum atomic E-state index is 11.2. The van der Waals surface area contributed by atoms with Crippen LogP contribution in [0, 0.1) is 5.92 Å². The number of carbonyl (C=O) groups is 1. The number of hydrogen-bond acceptors (Lipinski definition) is 3. The summed E-state index contributed by atoms with van der Waals surface area (Å²) in [5.41, 5.74) is 0. The summed E-state index contributed by atoms with van der Waals surface area (Å²) in [4.78, 5) is 11.2. The molecule has 1 atom stereocenters. The molecule has 0 aliphatic carbocycles. The molecular weight excluding hydrogens is 192 g/mol. The van der Waals surface area contributed by atoms with Gasteiger partial charge in [-0.05, 0) is 19.8 Å². The molecule has 0 rings (SSSR count). The molecule has 0 radical (unpaired) electrons. The van der Waals surface area contributed by atoms with Gasteiger partial charge in [0.25, 0.3) is 0 Å². The van der Waals surface area contributed by atoms with Crippen LogP contribution in [0.1, 0.15) is 34.1 Å². The lowest BCUT2D eigenvalue weighted by molar-refractivity contribution is -0.121. The van der Waals surface area contributed by atoms with Gasteiger partial charge in [-0.25, -0.2) is 0 Å². The van der Waals surface area contributed by atoms with Crippen molar-refractivity contribution in [1.82, 2.24) is 10.6 Å². The van der Waals surface area contributed by atoms with Crippen molar-refractivity contribution in [2.24, 2.45) is 5.92 Å². The molecule has 0 saturated heterocycles.